The molecule has 0 saturated carbocycles. The first-order chi connectivity index (χ1) is 8.88. The first-order valence-electron chi connectivity index (χ1n) is 6.24. The van der Waals surface area contributed by atoms with Gasteiger partial charge in [0.1, 0.15) is 22.2 Å². The minimum Gasteiger partial charge on any atom is -0.492 e. The fourth-order valence-electron chi connectivity index (χ4n) is 2.25. The van der Waals surface area contributed by atoms with Crippen LogP contribution in [0.5, 0.6) is 5.75 Å². The third kappa shape index (κ3) is 3.46. The normalized spacial score (nSPS) is 22.9. The van der Waals surface area contributed by atoms with Crippen molar-refractivity contribution in [3.8, 4) is 5.75 Å². The number of nitrogens with zero attached hydrogens (tertiary/aromatic N) is 1. The molecule has 1 heterocycles. The van der Waals surface area contributed by atoms with Crippen molar-refractivity contribution in [1.82, 2.24) is 4.90 Å². The van der Waals surface area contributed by atoms with Gasteiger partial charge in [-0.15, -0.1) is 0 Å². The van der Waals surface area contributed by atoms with Gasteiger partial charge >= 0.3 is 0 Å². The molecule has 1 aliphatic rings. The van der Waals surface area contributed by atoms with Crippen LogP contribution in [0.3, 0.4) is 0 Å². The van der Waals surface area contributed by atoms with Crippen LogP contribution in [0.25, 0.3) is 0 Å². The summed E-state index contributed by atoms with van der Waals surface area (Å²) in [6, 6.07) is 7.55. The van der Waals surface area contributed by atoms with E-state index in [1.807, 2.05) is 36.2 Å². The summed E-state index contributed by atoms with van der Waals surface area (Å²) in [4.78, 5) is 1.96. The highest BCUT2D eigenvalue weighted by atomic mass is 32.2. The topological polar surface area (TPSA) is 72.6 Å². The SMILES string of the molecule is CN(CCS(C)(=O)=O)C1COc2ccccc2C1N. The van der Waals surface area contributed by atoms with E-state index in [9.17, 15) is 8.42 Å². The Morgan fingerprint density at radius 3 is 2.79 bits per heavy atom. The highest BCUT2D eigenvalue weighted by Gasteiger charge is 2.30. The average molecular weight is 284 g/mol. The largest absolute Gasteiger partial charge is 0.492 e. The van der Waals surface area contributed by atoms with Crippen molar-refractivity contribution in [2.75, 3.05) is 32.2 Å². The molecular formula is C13H20N2O3S. The molecule has 1 aliphatic heterocycles. The summed E-state index contributed by atoms with van der Waals surface area (Å²) in [6.45, 7) is 0.946. The van der Waals surface area contributed by atoms with Crippen molar-refractivity contribution >= 4 is 9.84 Å². The third-order valence-corrected chi connectivity index (χ3v) is 4.41. The molecule has 5 nitrogen and oxygen atoms in total. The average Bonchev–Trinajstić information content (AvgIpc) is 2.36. The van der Waals surface area contributed by atoms with Crippen LogP contribution in [0.15, 0.2) is 24.3 Å². The Labute approximate surface area is 114 Å². The number of benzene rings is 1. The molecule has 0 radical (unpaired) electrons. The number of sulfone groups is 1. The maximum absolute atomic E-state index is 11.2. The van der Waals surface area contributed by atoms with Crippen molar-refractivity contribution in [1.29, 1.82) is 0 Å². The van der Waals surface area contributed by atoms with Crippen molar-refractivity contribution in [2.24, 2.45) is 5.73 Å². The second kappa shape index (κ2) is 5.48. The van der Waals surface area contributed by atoms with Gasteiger partial charge in [-0.25, -0.2) is 8.42 Å². The van der Waals surface area contributed by atoms with Gasteiger partial charge in [-0.1, -0.05) is 18.2 Å². The second-order valence-electron chi connectivity index (χ2n) is 5.05. The Balaban J connectivity index is 2.07. The Hall–Kier alpha value is -1.11. The van der Waals surface area contributed by atoms with Crippen molar-refractivity contribution in [3.05, 3.63) is 29.8 Å². The minimum absolute atomic E-state index is 0.00310. The lowest BCUT2D eigenvalue weighted by molar-refractivity contribution is 0.124. The number of hydrogen-bond acceptors (Lipinski definition) is 5. The van der Waals surface area contributed by atoms with Crippen LogP contribution in [0, 0.1) is 0 Å². The first kappa shape index (κ1) is 14.3. The molecule has 1 aromatic carbocycles. The molecular weight excluding hydrogens is 264 g/mol. The summed E-state index contributed by atoms with van der Waals surface area (Å²) in [7, 11) is -1.08. The first-order valence-corrected chi connectivity index (χ1v) is 8.30. The monoisotopic (exact) mass is 284 g/mol. The predicted molar refractivity (Wildman–Crippen MR) is 75.0 cm³/mol. The number of ether oxygens (including phenoxy) is 1. The molecule has 0 bridgehead atoms. The number of para-hydroxylation sites is 1. The molecule has 0 saturated heterocycles. The fraction of sp³-hybridized carbons (Fsp3) is 0.538. The summed E-state index contributed by atoms with van der Waals surface area (Å²) in [5.74, 6) is 0.955. The van der Waals surface area contributed by atoms with Gasteiger partial charge in [-0.2, -0.15) is 0 Å². The van der Waals surface area contributed by atoms with Crippen LogP contribution in [0.2, 0.25) is 0 Å². The molecule has 0 aromatic heterocycles. The van der Waals surface area contributed by atoms with E-state index in [0.29, 0.717) is 13.2 Å². The molecule has 2 rings (SSSR count). The van der Waals surface area contributed by atoms with Crippen molar-refractivity contribution in [3.63, 3.8) is 0 Å². The second-order valence-corrected chi connectivity index (χ2v) is 7.31. The lowest BCUT2D eigenvalue weighted by atomic mass is 9.96. The number of rotatable bonds is 4. The van der Waals surface area contributed by atoms with Crippen LogP contribution in [-0.2, 0) is 9.84 Å². The van der Waals surface area contributed by atoms with Crippen LogP contribution in [0.4, 0.5) is 0 Å². The zero-order chi connectivity index (χ0) is 14.0. The summed E-state index contributed by atoms with van der Waals surface area (Å²) in [5.41, 5.74) is 7.24. The highest BCUT2D eigenvalue weighted by molar-refractivity contribution is 7.90. The number of fused-ring (bicyclic) bond motifs is 1. The molecule has 0 spiro atoms. The van der Waals surface area contributed by atoms with Gasteiger partial charge < -0.3 is 10.5 Å². The van der Waals surface area contributed by atoms with E-state index in [0.717, 1.165) is 11.3 Å². The smallest absolute Gasteiger partial charge is 0.148 e. The Bertz CT molecular complexity index is 545. The molecule has 0 amide bonds. The van der Waals surface area contributed by atoms with Gasteiger partial charge in [0.05, 0.1) is 17.8 Å². The molecule has 2 N–H and O–H groups in total. The number of hydrogen-bond donors (Lipinski definition) is 1. The molecule has 0 fully saturated rings. The van der Waals surface area contributed by atoms with Crippen LogP contribution < -0.4 is 10.5 Å². The van der Waals surface area contributed by atoms with Gasteiger partial charge in [-0.05, 0) is 13.1 Å². The number of nitrogens with two attached hydrogens (primary N) is 1. The van der Waals surface area contributed by atoms with E-state index in [-0.39, 0.29) is 17.8 Å². The summed E-state index contributed by atoms with van der Waals surface area (Å²) in [6.07, 6.45) is 1.24. The lowest BCUT2D eigenvalue weighted by Crippen LogP contribution is -2.48. The van der Waals surface area contributed by atoms with Gasteiger partial charge in [-0.3, -0.25) is 4.90 Å². The molecule has 6 heteroatoms. The zero-order valence-corrected chi connectivity index (χ0v) is 12.1. The summed E-state index contributed by atoms with van der Waals surface area (Å²) < 4.78 is 28.1. The summed E-state index contributed by atoms with van der Waals surface area (Å²) >= 11 is 0. The van der Waals surface area contributed by atoms with E-state index in [1.165, 1.54) is 6.26 Å². The quantitative estimate of drug-likeness (QED) is 0.867. The van der Waals surface area contributed by atoms with Crippen LogP contribution >= 0.6 is 0 Å². The highest BCUT2D eigenvalue weighted by Crippen LogP contribution is 2.31. The molecule has 106 valence electrons. The molecule has 1 aromatic rings. The van der Waals surface area contributed by atoms with E-state index in [1.54, 1.807) is 0 Å². The molecule has 0 aliphatic carbocycles. The summed E-state index contributed by atoms with van der Waals surface area (Å²) in [5, 5.41) is 0. The minimum atomic E-state index is -2.96. The van der Waals surface area contributed by atoms with Crippen LogP contribution in [0.1, 0.15) is 11.6 Å². The predicted octanol–water partition coefficient (Wildman–Crippen LogP) is 0.424. The maximum atomic E-state index is 11.2. The fourth-order valence-corrected chi connectivity index (χ4v) is 2.87. The third-order valence-electron chi connectivity index (χ3n) is 3.48. The Morgan fingerprint density at radius 2 is 2.11 bits per heavy atom. The maximum Gasteiger partial charge on any atom is 0.148 e. The molecule has 2 unspecified atom stereocenters. The van der Waals surface area contributed by atoms with Gasteiger partial charge in [0.15, 0.2) is 0 Å². The van der Waals surface area contributed by atoms with Gasteiger partial charge in [0.2, 0.25) is 0 Å². The Kier molecular flexibility index (Phi) is 4.13. The van der Waals surface area contributed by atoms with E-state index in [2.05, 4.69) is 0 Å². The molecule has 2 atom stereocenters. The molecule has 19 heavy (non-hydrogen) atoms. The Morgan fingerprint density at radius 1 is 1.42 bits per heavy atom. The van der Waals surface area contributed by atoms with E-state index < -0.39 is 9.84 Å². The van der Waals surface area contributed by atoms with Crippen molar-refractivity contribution < 1.29 is 13.2 Å². The van der Waals surface area contributed by atoms with Crippen LogP contribution in [-0.4, -0.2) is 51.6 Å². The lowest BCUT2D eigenvalue weighted by Gasteiger charge is -2.36. The van der Waals surface area contributed by atoms with E-state index in [4.69, 9.17) is 10.5 Å². The number of likely N-dealkylation sites (N-methyl/N-ethyl adjacent to an activating group) is 1. The van der Waals surface area contributed by atoms with Gasteiger partial charge in [0.25, 0.3) is 0 Å². The standard InChI is InChI=1S/C13H20N2O3S/c1-15(7-8-19(2,16)17)11-9-18-12-6-4-3-5-10(12)13(11)14/h3-6,11,13H,7-9,14H2,1-2H3. The van der Waals surface area contributed by atoms with Gasteiger partial charge in [0, 0.05) is 18.4 Å². The zero-order valence-electron chi connectivity index (χ0n) is 11.2. The van der Waals surface area contributed by atoms with Crippen molar-refractivity contribution in [2.45, 2.75) is 12.1 Å². The van der Waals surface area contributed by atoms with E-state index >= 15 is 0 Å².